The largest absolute Gasteiger partial charge is 0.456 e. The first-order chi connectivity index (χ1) is 26.0. The number of sulfonamides is 1. The van der Waals surface area contributed by atoms with Crippen LogP contribution in [0, 0.1) is 13.8 Å². The summed E-state index contributed by atoms with van der Waals surface area (Å²) in [5.74, 6) is 0.755. The number of anilines is 3. The van der Waals surface area contributed by atoms with Crippen molar-refractivity contribution in [1.82, 2.24) is 5.01 Å². The zero-order valence-corrected chi connectivity index (χ0v) is 32.7. The van der Waals surface area contributed by atoms with Gasteiger partial charge in [-0.3, -0.25) is 9.10 Å². The lowest BCUT2D eigenvalue weighted by Crippen LogP contribution is -2.44. The second kappa shape index (κ2) is 13.3. The molecular weight excluding hydrogens is 715 g/mol. The molecule has 5 aromatic carbocycles. The third kappa shape index (κ3) is 5.28. The fourth-order valence-corrected chi connectivity index (χ4v) is 10.3. The van der Waals surface area contributed by atoms with Crippen molar-refractivity contribution >= 4 is 61.3 Å². The van der Waals surface area contributed by atoms with Crippen LogP contribution >= 0.6 is 11.3 Å². The Hall–Kier alpha value is -5.65. The molecule has 0 saturated carbocycles. The van der Waals surface area contributed by atoms with E-state index in [0.29, 0.717) is 45.8 Å². The van der Waals surface area contributed by atoms with Gasteiger partial charge in [0.25, 0.3) is 15.9 Å². The molecule has 1 amide bonds. The fourth-order valence-electron chi connectivity index (χ4n) is 7.98. The van der Waals surface area contributed by atoms with Gasteiger partial charge in [0.05, 0.1) is 16.8 Å². The van der Waals surface area contributed by atoms with Crippen molar-refractivity contribution in [3.05, 3.63) is 141 Å². The van der Waals surface area contributed by atoms with Gasteiger partial charge in [0.1, 0.15) is 17.0 Å². The number of rotatable bonds is 9. The number of nitrogens with one attached hydrogen (secondary N) is 1. The number of carbonyl (C=O) groups is 1. The summed E-state index contributed by atoms with van der Waals surface area (Å²) in [6.45, 7) is 8.70. The summed E-state index contributed by atoms with van der Waals surface area (Å²) in [6.07, 6.45) is 1.73. The van der Waals surface area contributed by atoms with E-state index in [4.69, 9.17) is 9.84 Å². The number of amides is 1. The van der Waals surface area contributed by atoms with E-state index in [0.717, 1.165) is 38.3 Å². The van der Waals surface area contributed by atoms with Crippen LogP contribution in [0.4, 0.5) is 17.1 Å². The molecule has 9 nitrogen and oxygen atoms in total. The second-order valence-corrected chi connectivity index (χ2v) is 16.6. The number of carbonyl (C=O) groups excluding carboxylic acids is 1. The summed E-state index contributed by atoms with van der Waals surface area (Å²) in [5, 5.41) is 13.4. The quantitative estimate of drug-likeness (QED) is 0.148. The minimum Gasteiger partial charge on any atom is -0.456 e. The van der Waals surface area contributed by atoms with Crippen LogP contribution in [0.1, 0.15) is 56.9 Å². The van der Waals surface area contributed by atoms with Gasteiger partial charge in [-0.2, -0.15) is 5.10 Å². The van der Waals surface area contributed by atoms with E-state index in [1.54, 1.807) is 23.4 Å². The number of thiophene rings is 1. The van der Waals surface area contributed by atoms with Crippen LogP contribution < -0.4 is 19.3 Å². The summed E-state index contributed by atoms with van der Waals surface area (Å²) in [6, 6.07) is 30.5. The molecule has 2 aliphatic rings. The Kier molecular flexibility index (Phi) is 8.74. The monoisotopic (exact) mass is 755 g/mol. The van der Waals surface area contributed by atoms with Gasteiger partial charge in [-0.1, -0.05) is 48.5 Å². The fraction of sp³-hybridized carbons (Fsp3) is 0.209. The lowest BCUT2D eigenvalue weighted by Gasteiger charge is -2.42. The number of ether oxygens (including phenoxy) is 1. The maximum absolute atomic E-state index is 14.8. The van der Waals surface area contributed by atoms with Gasteiger partial charge in [-0.25, -0.2) is 13.4 Å². The summed E-state index contributed by atoms with van der Waals surface area (Å²) < 4.78 is 37.9. The Morgan fingerprint density at radius 2 is 1.56 bits per heavy atom. The van der Waals surface area contributed by atoms with Crippen molar-refractivity contribution in [2.45, 2.75) is 38.1 Å². The van der Waals surface area contributed by atoms with E-state index in [-0.39, 0.29) is 17.3 Å². The van der Waals surface area contributed by atoms with Gasteiger partial charge in [0, 0.05) is 88.6 Å². The molecule has 2 aliphatic heterocycles. The Balaban J connectivity index is 1.37. The van der Waals surface area contributed by atoms with Crippen LogP contribution in [-0.2, 0) is 15.6 Å². The zero-order chi connectivity index (χ0) is 37.9. The normalized spacial score (nSPS) is 16.0. The number of hydrogen-bond donors (Lipinski definition) is 1. The lowest BCUT2D eigenvalue weighted by molar-refractivity contribution is 0.0675. The number of nitrogens with zero attached hydrogens (tertiary/aromatic N) is 4. The molecule has 3 heterocycles. The third-order valence-electron chi connectivity index (χ3n) is 10.4. The van der Waals surface area contributed by atoms with Crippen LogP contribution in [0.25, 0.3) is 10.8 Å². The van der Waals surface area contributed by atoms with Crippen molar-refractivity contribution in [3.8, 4) is 11.5 Å². The Bertz CT molecular complexity index is 2600. The molecule has 54 heavy (non-hydrogen) atoms. The van der Waals surface area contributed by atoms with Gasteiger partial charge in [0.2, 0.25) is 0 Å². The van der Waals surface area contributed by atoms with Crippen molar-refractivity contribution < 1.29 is 17.9 Å². The molecule has 1 N–H and O–H groups in total. The van der Waals surface area contributed by atoms with E-state index in [1.165, 1.54) is 15.6 Å². The highest BCUT2D eigenvalue weighted by atomic mass is 32.2. The molecule has 0 saturated heterocycles. The molecule has 0 radical (unpaired) electrons. The zero-order valence-electron chi connectivity index (χ0n) is 31.0. The molecule has 11 heteroatoms. The van der Waals surface area contributed by atoms with E-state index in [1.807, 2.05) is 131 Å². The molecule has 0 fully saturated rings. The predicted octanol–water partition coefficient (Wildman–Crippen LogP) is 9.12. The third-order valence-corrected chi connectivity index (χ3v) is 13.1. The topological polar surface area (TPSA) is 94.6 Å². The van der Waals surface area contributed by atoms with Gasteiger partial charge in [-0.15, -0.1) is 11.3 Å². The summed E-state index contributed by atoms with van der Waals surface area (Å²) >= 11 is 1.54. The Morgan fingerprint density at radius 1 is 0.833 bits per heavy atom. The minimum absolute atomic E-state index is 0.176. The van der Waals surface area contributed by atoms with Crippen LogP contribution in [0.5, 0.6) is 11.5 Å². The molecule has 1 unspecified atom stereocenters. The van der Waals surface area contributed by atoms with Gasteiger partial charge in [0.15, 0.2) is 0 Å². The van der Waals surface area contributed by atoms with Crippen LogP contribution in [0.2, 0.25) is 0 Å². The maximum atomic E-state index is 14.8. The molecule has 1 spiro atoms. The first kappa shape index (κ1) is 35.4. The van der Waals surface area contributed by atoms with Crippen molar-refractivity contribution in [1.29, 1.82) is 0 Å². The molecular formula is C43H41N5O4S2. The SMILES string of the molecule is CCNc1cc2c(cc1C)C1(c3cc(C)c(N(CC)S(=O)(=O)c4cccc5c(N(C)C)cccc45)cc3O2)c2ccccc2C(=O)N1/N=C/c1cccs1. The van der Waals surface area contributed by atoms with E-state index >= 15 is 0 Å². The van der Waals surface area contributed by atoms with Crippen LogP contribution in [-0.4, -0.2) is 52.7 Å². The molecule has 8 rings (SSSR count). The average Bonchev–Trinajstić information content (AvgIpc) is 3.77. The molecule has 1 aromatic heterocycles. The summed E-state index contributed by atoms with van der Waals surface area (Å²) in [5.41, 5.74) is 5.60. The Labute approximate surface area is 320 Å². The van der Waals surface area contributed by atoms with Crippen molar-refractivity contribution in [3.63, 3.8) is 0 Å². The Morgan fingerprint density at radius 3 is 2.28 bits per heavy atom. The van der Waals surface area contributed by atoms with E-state index < -0.39 is 15.6 Å². The van der Waals surface area contributed by atoms with Crippen LogP contribution in [0.3, 0.4) is 0 Å². The molecule has 0 bridgehead atoms. The number of hydrazone groups is 1. The first-order valence-electron chi connectivity index (χ1n) is 18.0. The minimum atomic E-state index is -4.07. The highest BCUT2D eigenvalue weighted by Gasteiger charge is 2.57. The smallest absolute Gasteiger partial charge is 0.275 e. The first-order valence-corrected chi connectivity index (χ1v) is 20.3. The summed E-state index contributed by atoms with van der Waals surface area (Å²) in [7, 11) is -0.174. The van der Waals surface area contributed by atoms with E-state index in [2.05, 4.69) is 11.4 Å². The molecule has 1 atom stereocenters. The summed E-state index contributed by atoms with van der Waals surface area (Å²) in [4.78, 5) is 17.7. The molecule has 274 valence electrons. The van der Waals surface area contributed by atoms with Crippen molar-refractivity contribution in [2.24, 2.45) is 5.10 Å². The van der Waals surface area contributed by atoms with Crippen molar-refractivity contribution in [2.75, 3.05) is 41.7 Å². The van der Waals surface area contributed by atoms with E-state index in [9.17, 15) is 13.2 Å². The standard InChI is InChI=1S/C43H41N5O4S2/c1-7-44-36-24-39-34(22-27(36)3)43(33-18-10-9-15-32(33)42(49)48(43)45-26-29-14-13-21-53-29)35-23-28(4)38(25-40(35)52-39)47(8-2)54(50,51)41-20-12-16-30-31(41)17-11-19-37(30)46(5)6/h9-26,44H,7-8H2,1-6H3/b45-26+. The predicted molar refractivity (Wildman–Crippen MR) is 219 cm³/mol. The average molecular weight is 756 g/mol. The number of benzene rings is 5. The van der Waals surface area contributed by atoms with Crippen LogP contribution in [0.15, 0.2) is 112 Å². The molecule has 0 aliphatic carbocycles. The van der Waals surface area contributed by atoms with Gasteiger partial charge < -0.3 is 15.0 Å². The number of fused-ring (bicyclic) bond motifs is 7. The highest BCUT2D eigenvalue weighted by Crippen LogP contribution is 2.59. The second-order valence-electron chi connectivity index (χ2n) is 13.8. The van der Waals surface area contributed by atoms with Gasteiger partial charge in [-0.05, 0) is 80.6 Å². The lowest BCUT2D eigenvalue weighted by atomic mass is 9.74. The highest BCUT2D eigenvalue weighted by molar-refractivity contribution is 7.93. The maximum Gasteiger partial charge on any atom is 0.275 e. The van der Waals surface area contributed by atoms with Gasteiger partial charge >= 0.3 is 0 Å². The number of hydrogen-bond acceptors (Lipinski definition) is 8. The number of aryl methyl sites for hydroxylation is 2. The molecule has 6 aromatic rings.